The minimum atomic E-state index is -0.119. The summed E-state index contributed by atoms with van der Waals surface area (Å²) in [7, 11) is 0. The van der Waals surface area contributed by atoms with Crippen LogP contribution >= 0.6 is 0 Å². The van der Waals surface area contributed by atoms with E-state index < -0.39 is 0 Å². The predicted octanol–water partition coefficient (Wildman–Crippen LogP) is 9.53. The Morgan fingerprint density at radius 2 is 0.893 bits per heavy atom. The van der Waals surface area contributed by atoms with Gasteiger partial charge in [0.2, 0.25) is 0 Å². The summed E-state index contributed by atoms with van der Waals surface area (Å²) >= 11 is 0. The van der Waals surface area contributed by atoms with E-state index in [2.05, 4.69) is 26.0 Å². The Morgan fingerprint density at radius 3 is 1.32 bits per heavy atom. The van der Waals surface area contributed by atoms with E-state index in [1.807, 2.05) is 0 Å². The smallest absolute Gasteiger partial charge is 0.0574 e. The normalized spacial score (nSPS) is 12.8. The number of aliphatic hydroxyl groups excluding tert-OH is 1. The van der Waals surface area contributed by atoms with Crippen molar-refractivity contribution < 1.29 is 5.11 Å². The summed E-state index contributed by atoms with van der Waals surface area (Å²) in [5, 5.41) is 9.78. The van der Waals surface area contributed by atoms with Crippen LogP contribution in [0.4, 0.5) is 0 Å². The first-order valence-corrected chi connectivity index (χ1v) is 13.1. The average Bonchev–Trinajstić information content (AvgIpc) is 2.70. The summed E-state index contributed by atoms with van der Waals surface area (Å²) in [5.41, 5.74) is 0. The summed E-state index contributed by atoms with van der Waals surface area (Å²) < 4.78 is 0. The highest BCUT2D eigenvalue weighted by atomic mass is 16.3. The van der Waals surface area contributed by atoms with E-state index in [0.29, 0.717) is 0 Å². The van der Waals surface area contributed by atoms with Gasteiger partial charge in [-0.2, -0.15) is 0 Å². The van der Waals surface area contributed by atoms with Crippen LogP contribution in [0.1, 0.15) is 155 Å². The van der Waals surface area contributed by atoms with Crippen LogP contribution in [0, 0.1) is 0 Å². The lowest BCUT2D eigenvalue weighted by atomic mass is 10.0. The van der Waals surface area contributed by atoms with Crippen molar-refractivity contribution in [2.24, 2.45) is 0 Å². The zero-order valence-corrected chi connectivity index (χ0v) is 19.7. The van der Waals surface area contributed by atoms with Crippen molar-refractivity contribution in [3.8, 4) is 0 Å². The fraction of sp³-hybridized carbons (Fsp3) is 0.926. The van der Waals surface area contributed by atoms with Crippen molar-refractivity contribution in [3.05, 3.63) is 12.2 Å². The molecule has 1 heteroatoms. The van der Waals surface area contributed by atoms with Crippen molar-refractivity contribution in [3.63, 3.8) is 0 Å². The molecule has 1 N–H and O–H groups in total. The topological polar surface area (TPSA) is 20.2 Å². The second-order valence-electron chi connectivity index (χ2n) is 8.95. The lowest BCUT2D eigenvalue weighted by Gasteiger charge is -2.05. The fourth-order valence-electron chi connectivity index (χ4n) is 3.92. The van der Waals surface area contributed by atoms with E-state index >= 15 is 0 Å². The standard InChI is InChI=1S/C27H54O/c1-3-5-7-8-9-10-11-12-13-14-15-16-17-18-19-20-21-22-23-24-26-27(28)25-6-4-2/h23-24,27-28H,3-22,25-26H2,1-2H3/b24-23+. The summed E-state index contributed by atoms with van der Waals surface area (Å²) in [6.07, 6.45) is 34.1. The van der Waals surface area contributed by atoms with Crippen LogP contribution in [-0.2, 0) is 0 Å². The van der Waals surface area contributed by atoms with E-state index in [1.165, 1.54) is 122 Å². The molecule has 0 radical (unpaired) electrons. The third-order valence-corrected chi connectivity index (χ3v) is 5.94. The maximum absolute atomic E-state index is 9.78. The van der Waals surface area contributed by atoms with Crippen LogP contribution in [-0.4, -0.2) is 11.2 Å². The molecule has 0 fully saturated rings. The first-order valence-electron chi connectivity index (χ1n) is 13.1. The maximum atomic E-state index is 9.78. The molecule has 0 heterocycles. The lowest BCUT2D eigenvalue weighted by Crippen LogP contribution is -2.03. The highest BCUT2D eigenvalue weighted by Crippen LogP contribution is 2.14. The molecule has 0 aromatic rings. The Morgan fingerprint density at radius 1 is 0.500 bits per heavy atom. The predicted molar refractivity (Wildman–Crippen MR) is 128 cm³/mol. The molecule has 0 aliphatic carbocycles. The molecule has 1 atom stereocenters. The zero-order chi connectivity index (χ0) is 20.5. The van der Waals surface area contributed by atoms with Crippen molar-refractivity contribution in [2.75, 3.05) is 0 Å². The number of hydrogen-bond donors (Lipinski definition) is 1. The molecule has 0 spiro atoms. The van der Waals surface area contributed by atoms with Crippen LogP contribution in [0.2, 0.25) is 0 Å². The minimum absolute atomic E-state index is 0.119. The molecule has 0 saturated carbocycles. The molecule has 0 amide bonds. The Balaban J connectivity index is 3.10. The molecule has 168 valence electrons. The van der Waals surface area contributed by atoms with E-state index in [0.717, 1.165) is 19.3 Å². The van der Waals surface area contributed by atoms with Gasteiger partial charge in [-0.1, -0.05) is 142 Å². The van der Waals surface area contributed by atoms with E-state index in [-0.39, 0.29) is 6.10 Å². The summed E-state index contributed by atoms with van der Waals surface area (Å²) in [6.45, 7) is 4.48. The molecule has 0 saturated heterocycles. The van der Waals surface area contributed by atoms with Gasteiger partial charge in [0.1, 0.15) is 0 Å². The Labute approximate surface area is 178 Å². The highest BCUT2D eigenvalue weighted by Gasteiger charge is 1.99. The summed E-state index contributed by atoms with van der Waals surface area (Å²) in [4.78, 5) is 0. The van der Waals surface area contributed by atoms with Gasteiger partial charge in [0.15, 0.2) is 0 Å². The zero-order valence-electron chi connectivity index (χ0n) is 19.7. The van der Waals surface area contributed by atoms with Crippen LogP contribution in [0.15, 0.2) is 12.2 Å². The first kappa shape index (κ1) is 27.7. The molecule has 0 bridgehead atoms. The molecule has 0 aromatic carbocycles. The van der Waals surface area contributed by atoms with E-state index in [9.17, 15) is 5.11 Å². The molecule has 0 aliphatic heterocycles. The van der Waals surface area contributed by atoms with Gasteiger partial charge in [-0.15, -0.1) is 0 Å². The molecule has 0 rings (SSSR count). The van der Waals surface area contributed by atoms with Crippen LogP contribution in [0.3, 0.4) is 0 Å². The number of hydrogen-bond acceptors (Lipinski definition) is 1. The van der Waals surface area contributed by atoms with E-state index in [1.54, 1.807) is 0 Å². The van der Waals surface area contributed by atoms with Gasteiger partial charge >= 0.3 is 0 Å². The molecule has 0 aliphatic rings. The van der Waals surface area contributed by atoms with Gasteiger partial charge in [0.25, 0.3) is 0 Å². The number of rotatable bonds is 23. The monoisotopic (exact) mass is 394 g/mol. The van der Waals surface area contributed by atoms with Gasteiger partial charge in [0.05, 0.1) is 6.10 Å². The third-order valence-electron chi connectivity index (χ3n) is 5.94. The van der Waals surface area contributed by atoms with Crippen molar-refractivity contribution in [1.29, 1.82) is 0 Å². The summed E-state index contributed by atoms with van der Waals surface area (Å²) in [6, 6.07) is 0. The average molecular weight is 395 g/mol. The second kappa shape index (κ2) is 24.7. The Bertz CT molecular complexity index is 297. The minimum Gasteiger partial charge on any atom is -0.393 e. The van der Waals surface area contributed by atoms with Gasteiger partial charge in [-0.25, -0.2) is 0 Å². The van der Waals surface area contributed by atoms with Crippen molar-refractivity contribution >= 4 is 0 Å². The van der Waals surface area contributed by atoms with Gasteiger partial charge in [0, 0.05) is 0 Å². The van der Waals surface area contributed by atoms with E-state index in [4.69, 9.17) is 0 Å². The Hall–Kier alpha value is -0.300. The van der Waals surface area contributed by atoms with Crippen LogP contribution in [0.25, 0.3) is 0 Å². The SMILES string of the molecule is CCCCCCCCCCCCCCCCCCC/C=C/CC(O)CCCC. The van der Waals surface area contributed by atoms with Crippen molar-refractivity contribution in [1.82, 2.24) is 0 Å². The fourth-order valence-corrected chi connectivity index (χ4v) is 3.92. The molecule has 0 aromatic heterocycles. The maximum Gasteiger partial charge on any atom is 0.0574 e. The molecular weight excluding hydrogens is 340 g/mol. The molecular formula is C27H54O. The molecule has 1 nitrogen and oxygen atoms in total. The number of allylic oxidation sites excluding steroid dienone is 1. The van der Waals surface area contributed by atoms with Gasteiger partial charge in [-0.3, -0.25) is 0 Å². The molecule has 28 heavy (non-hydrogen) atoms. The lowest BCUT2D eigenvalue weighted by molar-refractivity contribution is 0.164. The summed E-state index contributed by atoms with van der Waals surface area (Å²) in [5.74, 6) is 0. The number of unbranched alkanes of at least 4 members (excludes halogenated alkanes) is 18. The second-order valence-corrected chi connectivity index (χ2v) is 8.95. The highest BCUT2D eigenvalue weighted by molar-refractivity contribution is 4.83. The van der Waals surface area contributed by atoms with Crippen molar-refractivity contribution in [2.45, 2.75) is 161 Å². The molecule has 1 unspecified atom stereocenters. The Kier molecular flexibility index (Phi) is 24.5. The quantitative estimate of drug-likeness (QED) is 0.135. The first-order chi connectivity index (χ1) is 13.8. The van der Waals surface area contributed by atoms with Crippen LogP contribution < -0.4 is 0 Å². The third kappa shape index (κ3) is 23.7. The van der Waals surface area contributed by atoms with Crippen LogP contribution in [0.5, 0.6) is 0 Å². The number of aliphatic hydroxyl groups is 1. The van der Waals surface area contributed by atoms with Gasteiger partial charge in [-0.05, 0) is 25.7 Å². The largest absolute Gasteiger partial charge is 0.393 e. The van der Waals surface area contributed by atoms with Gasteiger partial charge < -0.3 is 5.11 Å².